The van der Waals surface area contributed by atoms with Crippen LogP contribution in [0, 0.1) is 5.82 Å². The minimum absolute atomic E-state index is 0.117. The molecule has 1 amide bonds. The summed E-state index contributed by atoms with van der Waals surface area (Å²) < 4.78 is 19.4. The number of fused-ring (bicyclic) bond motifs is 2. The zero-order chi connectivity index (χ0) is 23.0. The van der Waals surface area contributed by atoms with Gasteiger partial charge in [-0.3, -0.25) is 14.8 Å². The number of amides is 1. The number of carbonyl (C=O) groups excluding carboxylic acids is 1. The Morgan fingerprint density at radius 2 is 1.88 bits per heavy atom. The van der Waals surface area contributed by atoms with Crippen molar-refractivity contribution in [3.8, 4) is 0 Å². The van der Waals surface area contributed by atoms with Gasteiger partial charge in [-0.25, -0.2) is 14.0 Å². The van der Waals surface area contributed by atoms with Crippen LogP contribution in [0.5, 0.6) is 0 Å². The average Bonchev–Trinajstić information content (AvgIpc) is 2.88. The number of halogens is 1. The zero-order valence-electron chi connectivity index (χ0n) is 18.5. The second kappa shape index (κ2) is 8.50. The topological polar surface area (TPSA) is 83.0 Å². The molecule has 0 radical (unpaired) electrons. The number of nitrogens with zero attached hydrogens (tertiary/aromatic N) is 3. The number of hydrogen-bond acceptors (Lipinski definition) is 5. The van der Waals surface area contributed by atoms with Gasteiger partial charge >= 0.3 is 12.1 Å². The molecule has 1 aliphatic carbocycles. The first-order chi connectivity index (χ1) is 15.1. The number of benzene rings is 1. The van der Waals surface area contributed by atoms with Gasteiger partial charge in [0.2, 0.25) is 0 Å². The van der Waals surface area contributed by atoms with Gasteiger partial charge in [0.25, 0.3) is 0 Å². The van der Waals surface area contributed by atoms with E-state index in [1.807, 2.05) is 23.1 Å². The summed E-state index contributed by atoms with van der Waals surface area (Å²) in [5.74, 6) is -1.47. The molecule has 1 aromatic heterocycles. The molecular formula is C24H28FN3O4. The van der Waals surface area contributed by atoms with Gasteiger partial charge in [0.1, 0.15) is 17.5 Å². The third-order valence-corrected chi connectivity index (χ3v) is 5.93. The number of pyridine rings is 1. The summed E-state index contributed by atoms with van der Waals surface area (Å²) in [5.41, 5.74) is 3.03. The van der Waals surface area contributed by atoms with Crippen LogP contribution in [0.4, 0.5) is 9.18 Å². The van der Waals surface area contributed by atoms with E-state index in [9.17, 15) is 19.1 Å². The number of carboxylic acids is 1. The quantitative estimate of drug-likeness (QED) is 0.769. The Morgan fingerprint density at radius 1 is 1.16 bits per heavy atom. The van der Waals surface area contributed by atoms with Gasteiger partial charge in [-0.05, 0) is 56.4 Å². The molecule has 0 saturated carbocycles. The first kappa shape index (κ1) is 22.2. The normalized spacial score (nSPS) is 21.3. The molecule has 2 aromatic rings. The smallest absolute Gasteiger partial charge is 0.411 e. The summed E-state index contributed by atoms with van der Waals surface area (Å²) in [7, 11) is 0. The molecule has 4 rings (SSSR count). The molecule has 1 aromatic carbocycles. The Morgan fingerprint density at radius 3 is 2.59 bits per heavy atom. The van der Waals surface area contributed by atoms with Gasteiger partial charge < -0.3 is 9.84 Å². The lowest BCUT2D eigenvalue weighted by Gasteiger charge is -2.43. The summed E-state index contributed by atoms with van der Waals surface area (Å²) >= 11 is 0. The molecule has 170 valence electrons. The number of hydrogen-bond donors (Lipinski definition) is 1. The van der Waals surface area contributed by atoms with E-state index in [2.05, 4.69) is 11.1 Å². The number of aryl methyl sites for hydroxylation is 2. The Kier molecular flexibility index (Phi) is 5.90. The highest BCUT2D eigenvalue weighted by atomic mass is 19.1. The minimum Gasteiger partial charge on any atom is -0.480 e. The van der Waals surface area contributed by atoms with Crippen molar-refractivity contribution in [2.24, 2.45) is 0 Å². The van der Waals surface area contributed by atoms with Crippen LogP contribution in [0.25, 0.3) is 0 Å². The maximum Gasteiger partial charge on any atom is 0.411 e. The largest absolute Gasteiger partial charge is 0.480 e. The molecule has 1 saturated heterocycles. The second-order valence-electron chi connectivity index (χ2n) is 9.32. The number of aromatic nitrogens is 1. The Hall–Kier alpha value is -3.00. The van der Waals surface area contributed by atoms with Crippen LogP contribution in [-0.2, 0) is 22.4 Å². The van der Waals surface area contributed by atoms with E-state index in [1.54, 1.807) is 20.8 Å². The third kappa shape index (κ3) is 4.46. The highest BCUT2D eigenvalue weighted by molar-refractivity contribution is 5.80. The lowest BCUT2D eigenvalue weighted by molar-refractivity contribution is -0.146. The molecule has 1 aliphatic heterocycles. The van der Waals surface area contributed by atoms with Crippen molar-refractivity contribution in [1.29, 1.82) is 0 Å². The molecular weight excluding hydrogens is 413 g/mol. The monoisotopic (exact) mass is 441 g/mol. The highest BCUT2D eigenvalue weighted by Gasteiger charge is 2.41. The van der Waals surface area contributed by atoms with Gasteiger partial charge in [-0.1, -0.05) is 24.3 Å². The van der Waals surface area contributed by atoms with Crippen LogP contribution >= 0.6 is 0 Å². The van der Waals surface area contributed by atoms with E-state index >= 15 is 0 Å². The van der Waals surface area contributed by atoms with E-state index in [0.29, 0.717) is 13.0 Å². The van der Waals surface area contributed by atoms with E-state index in [1.165, 1.54) is 17.2 Å². The fourth-order valence-corrected chi connectivity index (χ4v) is 4.54. The molecule has 7 nitrogen and oxygen atoms in total. The summed E-state index contributed by atoms with van der Waals surface area (Å²) in [4.78, 5) is 32.6. The predicted molar refractivity (Wildman–Crippen MR) is 116 cm³/mol. The summed E-state index contributed by atoms with van der Waals surface area (Å²) in [6, 6.07) is 8.15. The lowest BCUT2D eigenvalue weighted by atomic mass is 9.95. The van der Waals surface area contributed by atoms with Crippen LogP contribution in [0.1, 0.15) is 49.2 Å². The van der Waals surface area contributed by atoms with Gasteiger partial charge in [-0.2, -0.15) is 0 Å². The van der Waals surface area contributed by atoms with Crippen LogP contribution in [0.2, 0.25) is 0 Å². The van der Waals surface area contributed by atoms with Crippen molar-refractivity contribution < 1.29 is 23.8 Å². The van der Waals surface area contributed by atoms with E-state index in [-0.39, 0.29) is 24.9 Å². The van der Waals surface area contributed by atoms with Crippen molar-refractivity contribution in [1.82, 2.24) is 14.8 Å². The van der Waals surface area contributed by atoms with E-state index < -0.39 is 23.7 Å². The Bertz CT molecular complexity index is 1040. The molecule has 0 bridgehead atoms. The third-order valence-electron chi connectivity index (χ3n) is 5.93. The first-order valence-corrected chi connectivity index (χ1v) is 10.8. The molecule has 2 aliphatic rings. The molecule has 1 N–H and O–H groups in total. The number of ether oxygens (including phenoxy) is 1. The van der Waals surface area contributed by atoms with Crippen molar-refractivity contribution in [2.75, 3.05) is 19.6 Å². The summed E-state index contributed by atoms with van der Waals surface area (Å²) in [6.45, 7) is 6.02. The minimum atomic E-state index is -1.09. The highest BCUT2D eigenvalue weighted by Crippen LogP contribution is 2.37. The van der Waals surface area contributed by atoms with Gasteiger partial charge in [0, 0.05) is 19.6 Å². The van der Waals surface area contributed by atoms with Crippen molar-refractivity contribution in [3.63, 3.8) is 0 Å². The van der Waals surface area contributed by atoms with Crippen LogP contribution in [-0.4, -0.2) is 63.2 Å². The second-order valence-corrected chi connectivity index (χ2v) is 9.32. The first-order valence-electron chi connectivity index (χ1n) is 10.8. The Labute approximate surface area is 186 Å². The average molecular weight is 442 g/mol. The molecule has 8 heteroatoms. The zero-order valence-corrected chi connectivity index (χ0v) is 18.5. The number of carbonyl (C=O) groups is 2. The Balaban J connectivity index is 1.70. The lowest BCUT2D eigenvalue weighted by Crippen LogP contribution is -2.59. The number of piperazine rings is 1. The summed E-state index contributed by atoms with van der Waals surface area (Å²) in [6.07, 6.45) is 2.00. The molecule has 0 spiro atoms. The standard InChI is InChI=1S/C24H28FN3O4/c1-24(2,3)32-23(31)28-11-10-27(14-19(28)22(29)30)21-18-7-5-4-6-15(18)8-9-16-12-17(25)13-26-20(16)21/h4-7,12-13,19,21H,8-11,14H2,1-3H3,(H,29,30)/t19-,21?/m1/s1. The summed E-state index contributed by atoms with van der Waals surface area (Å²) in [5, 5.41) is 9.91. The molecule has 2 atom stereocenters. The number of rotatable bonds is 2. The van der Waals surface area contributed by atoms with Gasteiger partial charge in [-0.15, -0.1) is 0 Å². The van der Waals surface area contributed by atoms with Crippen molar-refractivity contribution >= 4 is 12.1 Å². The fraction of sp³-hybridized carbons (Fsp3) is 0.458. The maximum absolute atomic E-state index is 14.0. The van der Waals surface area contributed by atoms with E-state index in [4.69, 9.17) is 4.74 Å². The van der Waals surface area contributed by atoms with Gasteiger partial charge in [0.05, 0.1) is 17.9 Å². The molecule has 2 heterocycles. The van der Waals surface area contributed by atoms with Gasteiger partial charge in [0.15, 0.2) is 0 Å². The van der Waals surface area contributed by atoms with Crippen LogP contribution in [0.3, 0.4) is 0 Å². The fourth-order valence-electron chi connectivity index (χ4n) is 4.54. The van der Waals surface area contributed by atoms with Crippen LogP contribution in [0.15, 0.2) is 36.5 Å². The SMILES string of the molecule is CC(C)(C)OC(=O)N1CCN(C2c3ccccc3CCc3cc(F)cnc32)C[C@@H]1C(=O)O. The maximum atomic E-state index is 14.0. The molecule has 32 heavy (non-hydrogen) atoms. The number of carboxylic acid groups (broad SMARTS) is 1. The van der Waals surface area contributed by atoms with Crippen LogP contribution < -0.4 is 0 Å². The van der Waals surface area contributed by atoms with E-state index in [0.717, 1.165) is 28.8 Å². The predicted octanol–water partition coefficient (Wildman–Crippen LogP) is 3.41. The molecule has 1 unspecified atom stereocenters. The number of aliphatic carboxylic acids is 1. The van der Waals surface area contributed by atoms with Crippen molar-refractivity contribution in [2.45, 2.75) is 51.3 Å². The van der Waals surface area contributed by atoms with Crippen molar-refractivity contribution in [3.05, 3.63) is 64.7 Å². The molecule has 1 fully saturated rings.